The van der Waals surface area contributed by atoms with Crippen molar-refractivity contribution in [3.05, 3.63) is 36.1 Å². The highest BCUT2D eigenvalue weighted by Gasteiger charge is 2.10. The second-order valence-corrected chi connectivity index (χ2v) is 4.91. The highest BCUT2D eigenvalue weighted by atomic mass is 19.1. The van der Waals surface area contributed by atoms with Gasteiger partial charge < -0.3 is 5.32 Å². The molecule has 0 spiro atoms. The molecule has 2 rings (SSSR count). The molecule has 2 aromatic rings. The van der Waals surface area contributed by atoms with E-state index in [9.17, 15) is 4.39 Å². The summed E-state index contributed by atoms with van der Waals surface area (Å²) in [6, 6.07) is 8.35. The lowest BCUT2D eigenvalue weighted by Gasteiger charge is -2.21. The van der Waals surface area contributed by atoms with Crippen molar-refractivity contribution in [1.29, 1.82) is 0 Å². The molecule has 16 heavy (non-hydrogen) atoms. The van der Waals surface area contributed by atoms with Crippen molar-refractivity contribution in [2.75, 3.05) is 5.32 Å². The number of aromatic nitrogens is 1. The molecule has 1 aromatic carbocycles. The maximum absolute atomic E-state index is 13.0. The van der Waals surface area contributed by atoms with Gasteiger partial charge in [-0.15, -0.1) is 0 Å². The Balaban J connectivity index is 2.41. The number of rotatable bonds is 1. The molecule has 1 heterocycles. The van der Waals surface area contributed by atoms with Crippen LogP contribution in [0.5, 0.6) is 0 Å². The average Bonchev–Trinajstić information content (AvgIpc) is 2.16. The zero-order valence-corrected chi connectivity index (χ0v) is 9.71. The maximum atomic E-state index is 13.0. The largest absolute Gasteiger partial charge is 0.365 e. The van der Waals surface area contributed by atoms with E-state index in [0.717, 1.165) is 16.7 Å². The SMILES string of the molecule is CC(C)(C)Nc1ccc2cc(F)ccc2n1. The molecule has 0 amide bonds. The van der Waals surface area contributed by atoms with Gasteiger partial charge in [-0.25, -0.2) is 9.37 Å². The molecular formula is C13H15FN2. The van der Waals surface area contributed by atoms with E-state index in [1.54, 1.807) is 6.07 Å². The average molecular weight is 218 g/mol. The van der Waals surface area contributed by atoms with Gasteiger partial charge in [-0.3, -0.25) is 0 Å². The number of fused-ring (bicyclic) bond motifs is 1. The minimum atomic E-state index is -0.231. The predicted octanol–water partition coefficient (Wildman–Crippen LogP) is 3.58. The van der Waals surface area contributed by atoms with E-state index in [-0.39, 0.29) is 11.4 Å². The van der Waals surface area contributed by atoms with Crippen molar-refractivity contribution in [2.45, 2.75) is 26.3 Å². The van der Waals surface area contributed by atoms with Gasteiger partial charge in [0.1, 0.15) is 11.6 Å². The first-order valence-electron chi connectivity index (χ1n) is 5.28. The summed E-state index contributed by atoms with van der Waals surface area (Å²) in [6.45, 7) is 6.22. The van der Waals surface area contributed by atoms with Crippen molar-refractivity contribution in [2.24, 2.45) is 0 Å². The zero-order valence-electron chi connectivity index (χ0n) is 9.71. The van der Waals surface area contributed by atoms with Crippen LogP contribution in [0.4, 0.5) is 10.2 Å². The van der Waals surface area contributed by atoms with Gasteiger partial charge >= 0.3 is 0 Å². The van der Waals surface area contributed by atoms with Crippen LogP contribution in [-0.4, -0.2) is 10.5 Å². The summed E-state index contributed by atoms with van der Waals surface area (Å²) in [6.07, 6.45) is 0. The molecule has 0 unspecified atom stereocenters. The van der Waals surface area contributed by atoms with E-state index in [4.69, 9.17) is 0 Å². The summed E-state index contributed by atoms with van der Waals surface area (Å²) in [7, 11) is 0. The van der Waals surface area contributed by atoms with Crippen molar-refractivity contribution >= 4 is 16.7 Å². The molecule has 0 atom stereocenters. The van der Waals surface area contributed by atoms with E-state index in [0.29, 0.717) is 0 Å². The first kappa shape index (κ1) is 10.9. The molecule has 0 aliphatic carbocycles. The number of anilines is 1. The molecule has 3 heteroatoms. The Morgan fingerprint density at radius 1 is 1.12 bits per heavy atom. The second-order valence-electron chi connectivity index (χ2n) is 4.91. The van der Waals surface area contributed by atoms with Crippen LogP contribution in [0.2, 0.25) is 0 Å². The fourth-order valence-electron chi connectivity index (χ4n) is 1.55. The van der Waals surface area contributed by atoms with Crippen LogP contribution in [0, 0.1) is 5.82 Å². The number of hydrogen-bond donors (Lipinski definition) is 1. The number of nitrogens with zero attached hydrogens (tertiary/aromatic N) is 1. The van der Waals surface area contributed by atoms with Gasteiger partial charge in [-0.05, 0) is 51.1 Å². The third-order valence-electron chi connectivity index (χ3n) is 2.15. The molecule has 1 N–H and O–H groups in total. The summed E-state index contributed by atoms with van der Waals surface area (Å²) in [5.74, 6) is 0.581. The molecule has 84 valence electrons. The summed E-state index contributed by atoms with van der Waals surface area (Å²) < 4.78 is 13.0. The molecule has 0 saturated carbocycles. The number of nitrogens with one attached hydrogen (secondary N) is 1. The van der Waals surface area contributed by atoms with E-state index in [2.05, 4.69) is 31.1 Å². The monoisotopic (exact) mass is 218 g/mol. The molecule has 0 bridgehead atoms. The number of hydrogen-bond acceptors (Lipinski definition) is 2. The highest BCUT2D eigenvalue weighted by molar-refractivity contribution is 5.80. The van der Waals surface area contributed by atoms with E-state index in [1.807, 2.05) is 12.1 Å². The lowest BCUT2D eigenvalue weighted by molar-refractivity contribution is 0.628. The van der Waals surface area contributed by atoms with Crippen LogP contribution < -0.4 is 5.32 Å². The Bertz CT molecular complexity index is 515. The summed E-state index contributed by atoms with van der Waals surface area (Å²) in [5.41, 5.74) is 0.774. The third-order valence-corrected chi connectivity index (χ3v) is 2.15. The van der Waals surface area contributed by atoms with Crippen LogP contribution in [0.15, 0.2) is 30.3 Å². The lowest BCUT2D eigenvalue weighted by Crippen LogP contribution is -2.26. The van der Waals surface area contributed by atoms with Crippen LogP contribution in [0.25, 0.3) is 10.9 Å². The molecule has 0 aliphatic heterocycles. The minimum absolute atomic E-state index is 0.0271. The zero-order chi connectivity index (χ0) is 11.8. The predicted molar refractivity (Wildman–Crippen MR) is 65.1 cm³/mol. The normalized spacial score (nSPS) is 11.8. The number of benzene rings is 1. The van der Waals surface area contributed by atoms with Crippen LogP contribution in [-0.2, 0) is 0 Å². The molecule has 0 aliphatic rings. The molecule has 2 nitrogen and oxygen atoms in total. The van der Waals surface area contributed by atoms with E-state index < -0.39 is 0 Å². The summed E-state index contributed by atoms with van der Waals surface area (Å²) in [4.78, 5) is 4.42. The number of pyridine rings is 1. The fraction of sp³-hybridized carbons (Fsp3) is 0.308. The maximum Gasteiger partial charge on any atom is 0.127 e. The molecule has 0 saturated heterocycles. The fourth-order valence-corrected chi connectivity index (χ4v) is 1.55. The third kappa shape index (κ3) is 2.48. The quantitative estimate of drug-likeness (QED) is 0.791. The minimum Gasteiger partial charge on any atom is -0.365 e. The highest BCUT2D eigenvalue weighted by Crippen LogP contribution is 2.18. The Morgan fingerprint density at radius 3 is 2.56 bits per heavy atom. The van der Waals surface area contributed by atoms with Gasteiger partial charge in [-0.2, -0.15) is 0 Å². The molecular weight excluding hydrogens is 203 g/mol. The molecule has 0 radical (unpaired) electrons. The van der Waals surface area contributed by atoms with Gasteiger partial charge in [-0.1, -0.05) is 0 Å². The van der Waals surface area contributed by atoms with E-state index >= 15 is 0 Å². The van der Waals surface area contributed by atoms with Crippen LogP contribution >= 0.6 is 0 Å². The second kappa shape index (κ2) is 3.74. The summed E-state index contributed by atoms with van der Waals surface area (Å²) >= 11 is 0. The van der Waals surface area contributed by atoms with Crippen molar-refractivity contribution < 1.29 is 4.39 Å². The molecule has 0 fully saturated rings. The Hall–Kier alpha value is -1.64. The number of halogens is 1. The van der Waals surface area contributed by atoms with Crippen LogP contribution in [0.3, 0.4) is 0 Å². The van der Waals surface area contributed by atoms with E-state index in [1.165, 1.54) is 12.1 Å². The Labute approximate surface area is 94.5 Å². The topological polar surface area (TPSA) is 24.9 Å². The lowest BCUT2D eigenvalue weighted by atomic mass is 10.1. The summed E-state index contributed by atoms with van der Waals surface area (Å²) in [5, 5.41) is 4.10. The first-order chi connectivity index (χ1) is 7.44. The van der Waals surface area contributed by atoms with Crippen LogP contribution in [0.1, 0.15) is 20.8 Å². The standard InChI is InChI=1S/C13H15FN2/c1-13(2,3)16-12-7-4-9-8-10(14)5-6-11(9)15-12/h4-8H,1-3H3,(H,15,16). The van der Waals surface area contributed by atoms with Gasteiger partial charge in [0.15, 0.2) is 0 Å². The van der Waals surface area contributed by atoms with Gasteiger partial charge in [0, 0.05) is 10.9 Å². The van der Waals surface area contributed by atoms with Crippen molar-refractivity contribution in [1.82, 2.24) is 4.98 Å². The van der Waals surface area contributed by atoms with Crippen molar-refractivity contribution in [3.63, 3.8) is 0 Å². The van der Waals surface area contributed by atoms with Gasteiger partial charge in [0.05, 0.1) is 5.52 Å². The molecule has 1 aromatic heterocycles. The first-order valence-corrected chi connectivity index (χ1v) is 5.28. The smallest absolute Gasteiger partial charge is 0.127 e. The Kier molecular flexibility index (Phi) is 2.54. The van der Waals surface area contributed by atoms with Gasteiger partial charge in [0.25, 0.3) is 0 Å². The Morgan fingerprint density at radius 2 is 1.88 bits per heavy atom. The van der Waals surface area contributed by atoms with Gasteiger partial charge in [0.2, 0.25) is 0 Å². The van der Waals surface area contributed by atoms with Crippen molar-refractivity contribution in [3.8, 4) is 0 Å².